The molecular weight excluding hydrogens is 544 g/mol. The number of hydrogen-bond donors (Lipinski definition) is 2. The van der Waals surface area contributed by atoms with E-state index < -0.39 is 5.97 Å². The average Bonchev–Trinajstić information content (AvgIpc) is 2.94. The molecule has 0 aromatic rings. The van der Waals surface area contributed by atoms with Crippen molar-refractivity contribution in [3.8, 4) is 0 Å². The van der Waals surface area contributed by atoms with Gasteiger partial charge in [0.15, 0.2) is 0 Å². The number of likely N-dealkylation sites (N-methyl/N-ethyl adjacent to an activating group) is 1. The van der Waals surface area contributed by atoms with Crippen molar-refractivity contribution in [2.75, 3.05) is 146 Å². The number of carboxylic acid groups (broad SMARTS) is 1. The SMILES string of the molecule is CN(C)CCOCCOCCOCCOCCOCCOCCOCCOCCOCCCNC(=O)CCC(=O)O. The second-order valence-corrected chi connectivity index (χ2v) is 8.91. The Morgan fingerprint density at radius 1 is 0.512 bits per heavy atom. The van der Waals surface area contributed by atoms with Crippen molar-refractivity contribution in [3.63, 3.8) is 0 Å². The fourth-order valence-corrected chi connectivity index (χ4v) is 2.82. The van der Waals surface area contributed by atoms with Crippen molar-refractivity contribution in [1.82, 2.24) is 10.2 Å². The zero-order chi connectivity index (χ0) is 30.1. The fourth-order valence-electron chi connectivity index (χ4n) is 2.82. The Morgan fingerprint density at radius 2 is 0.829 bits per heavy atom. The van der Waals surface area contributed by atoms with Gasteiger partial charge in [0.1, 0.15) is 0 Å². The molecule has 0 rings (SSSR count). The molecule has 41 heavy (non-hydrogen) atoms. The van der Waals surface area contributed by atoms with Gasteiger partial charge in [-0.1, -0.05) is 0 Å². The molecule has 0 aliphatic rings. The van der Waals surface area contributed by atoms with E-state index in [4.69, 9.17) is 47.7 Å². The van der Waals surface area contributed by atoms with Crippen molar-refractivity contribution >= 4 is 11.9 Å². The summed E-state index contributed by atoms with van der Waals surface area (Å²) >= 11 is 0. The molecule has 0 aliphatic heterocycles. The van der Waals surface area contributed by atoms with Crippen LogP contribution in [0.5, 0.6) is 0 Å². The summed E-state index contributed by atoms with van der Waals surface area (Å²) in [6.07, 6.45) is 0.489. The van der Waals surface area contributed by atoms with Crippen molar-refractivity contribution in [2.45, 2.75) is 19.3 Å². The minimum Gasteiger partial charge on any atom is -0.481 e. The van der Waals surface area contributed by atoms with Crippen LogP contribution in [0.25, 0.3) is 0 Å². The highest BCUT2D eigenvalue weighted by Gasteiger charge is 2.04. The molecule has 1 amide bonds. The molecule has 0 unspecified atom stereocenters. The van der Waals surface area contributed by atoms with Crippen LogP contribution in [-0.2, 0) is 52.2 Å². The summed E-state index contributed by atoms with van der Waals surface area (Å²) in [4.78, 5) is 23.8. The molecule has 0 aromatic heterocycles. The first-order valence-electron chi connectivity index (χ1n) is 14.3. The highest BCUT2D eigenvalue weighted by atomic mass is 16.6. The van der Waals surface area contributed by atoms with Gasteiger partial charge in [-0.3, -0.25) is 9.59 Å². The van der Waals surface area contributed by atoms with Gasteiger partial charge in [0.05, 0.1) is 119 Å². The van der Waals surface area contributed by atoms with E-state index in [1.165, 1.54) is 0 Å². The number of carboxylic acids is 1. The lowest BCUT2D eigenvalue weighted by Crippen LogP contribution is -2.25. The van der Waals surface area contributed by atoms with Gasteiger partial charge in [-0.15, -0.1) is 0 Å². The normalized spacial score (nSPS) is 11.4. The zero-order valence-electron chi connectivity index (χ0n) is 25.1. The largest absolute Gasteiger partial charge is 0.481 e. The number of aliphatic carboxylic acids is 1. The quantitative estimate of drug-likeness (QED) is 0.0962. The maximum Gasteiger partial charge on any atom is 0.303 e. The molecule has 0 aliphatic carbocycles. The van der Waals surface area contributed by atoms with E-state index in [1.54, 1.807) is 0 Å². The maximum atomic E-state index is 11.3. The lowest BCUT2D eigenvalue weighted by atomic mass is 10.3. The predicted octanol–water partition coefficient (Wildman–Crippen LogP) is 0.0685. The smallest absolute Gasteiger partial charge is 0.303 e. The lowest BCUT2D eigenvalue weighted by Gasteiger charge is -2.10. The molecule has 14 nitrogen and oxygen atoms in total. The molecule has 14 heteroatoms. The molecule has 0 bridgehead atoms. The Balaban J connectivity index is 3.08. The first-order chi connectivity index (χ1) is 20.0. The Labute approximate surface area is 245 Å². The van der Waals surface area contributed by atoms with Gasteiger partial charge < -0.3 is 58.0 Å². The summed E-state index contributed by atoms with van der Waals surface area (Å²) < 4.78 is 48.9. The van der Waals surface area contributed by atoms with E-state index in [2.05, 4.69) is 10.2 Å². The minimum absolute atomic E-state index is 0.00662. The summed E-state index contributed by atoms with van der Waals surface area (Å²) in [5.74, 6) is -1.24. The first-order valence-corrected chi connectivity index (χ1v) is 14.3. The maximum absolute atomic E-state index is 11.3. The second-order valence-electron chi connectivity index (χ2n) is 8.91. The lowest BCUT2D eigenvalue weighted by molar-refractivity contribution is -0.138. The average molecular weight is 599 g/mol. The predicted molar refractivity (Wildman–Crippen MR) is 150 cm³/mol. The fraction of sp³-hybridized carbons (Fsp3) is 0.926. The number of nitrogens with one attached hydrogen (secondary N) is 1. The summed E-state index contributed by atoms with van der Waals surface area (Å²) in [6.45, 7) is 10.7. The van der Waals surface area contributed by atoms with Gasteiger partial charge in [-0.25, -0.2) is 0 Å². The molecule has 0 aromatic carbocycles. The Hall–Kier alpha value is -1.46. The third-order valence-corrected chi connectivity index (χ3v) is 5.01. The van der Waals surface area contributed by atoms with Crippen LogP contribution < -0.4 is 5.32 Å². The first kappa shape index (κ1) is 39.5. The molecule has 0 saturated carbocycles. The number of hydrogen-bond acceptors (Lipinski definition) is 12. The van der Waals surface area contributed by atoms with Crippen LogP contribution in [0.4, 0.5) is 0 Å². The van der Waals surface area contributed by atoms with Crippen LogP contribution in [-0.4, -0.2) is 168 Å². The molecule has 0 heterocycles. The van der Waals surface area contributed by atoms with E-state index in [0.29, 0.717) is 132 Å². The van der Waals surface area contributed by atoms with Crippen LogP contribution >= 0.6 is 0 Å². The van der Waals surface area contributed by atoms with E-state index >= 15 is 0 Å². The van der Waals surface area contributed by atoms with Gasteiger partial charge in [0.2, 0.25) is 5.91 Å². The molecule has 0 saturated heterocycles. The van der Waals surface area contributed by atoms with Gasteiger partial charge in [-0.2, -0.15) is 0 Å². The molecule has 2 N–H and O–H groups in total. The van der Waals surface area contributed by atoms with Crippen molar-refractivity contribution in [2.24, 2.45) is 0 Å². The molecule has 0 spiro atoms. The number of amides is 1. The third-order valence-electron chi connectivity index (χ3n) is 5.01. The standard InChI is InChI=1S/C27H54N2O12/c1-29(2)7-9-34-11-13-36-15-17-38-19-21-40-23-25-41-24-22-39-20-18-37-16-14-35-12-10-33-8-3-6-28-26(30)4-5-27(31)32/h3-25H2,1-2H3,(H,28,30)(H,31,32). The Kier molecular flexibility index (Phi) is 31.9. The molecule has 0 radical (unpaired) electrons. The highest BCUT2D eigenvalue weighted by Crippen LogP contribution is 1.90. The number of rotatable bonds is 34. The Morgan fingerprint density at radius 3 is 1.15 bits per heavy atom. The van der Waals surface area contributed by atoms with Crippen molar-refractivity contribution < 1.29 is 57.3 Å². The van der Waals surface area contributed by atoms with E-state index in [1.807, 2.05) is 14.1 Å². The van der Waals surface area contributed by atoms with Crippen LogP contribution in [0.15, 0.2) is 0 Å². The van der Waals surface area contributed by atoms with Crippen LogP contribution in [0.3, 0.4) is 0 Å². The van der Waals surface area contributed by atoms with Crippen LogP contribution in [0.1, 0.15) is 19.3 Å². The Bertz CT molecular complexity index is 572. The van der Waals surface area contributed by atoms with E-state index in [0.717, 1.165) is 6.54 Å². The summed E-state index contributed by atoms with van der Waals surface area (Å²) in [5, 5.41) is 11.2. The highest BCUT2D eigenvalue weighted by molar-refractivity contribution is 5.80. The molecule has 0 atom stereocenters. The minimum atomic E-state index is -0.980. The van der Waals surface area contributed by atoms with Crippen molar-refractivity contribution in [3.05, 3.63) is 0 Å². The summed E-state index contributed by atoms with van der Waals surface area (Å²) in [6, 6.07) is 0. The van der Waals surface area contributed by atoms with Crippen molar-refractivity contribution in [1.29, 1.82) is 0 Å². The van der Waals surface area contributed by atoms with E-state index in [9.17, 15) is 9.59 Å². The molecular formula is C27H54N2O12. The van der Waals surface area contributed by atoms with Gasteiger partial charge in [0.25, 0.3) is 0 Å². The van der Waals surface area contributed by atoms with E-state index in [-0.39, 0.29) is 18.7 Å². The number of carbonyl (C=O) groups excluding carboxylic acids is 1. The number of nitrogens with zero attached hydrogens (tertiary/aromatic N) is 1. The monoisotopic (exact) mass is 598 g/mol. The van der Waals surface area contributed by atoms with Gasteiger partial charge in [0, 0.05) is 26.1 Å². The summed E-state index contributed by atoms with van der Waals surface area (Å²) in [5.41, 5.74) is 0. The molecule has 0 fully saturated rings. The zero-order valence-corrected chi connectivity index (χ0v) is 25.1. The third kappa shape index (κ3) is 36.5. The number of carbonyl (C=O) groups is 2. The second kappa shape index (κ2) is 33.0. The van der Waals surface area contributed by atoms with Gasteiger partial charge >= 0.3 is 5.97 Å². The van der Waals surface area contributed by atoms with Crippen LogP contribution in [0, 0.1) is 0 Å². The van der Waals surface area contributed by atoms with Crippen LogP contribution in [0.2, 0.25) is 0 Å². The summed E-state index contributed by atoms with van der Waals surface area (Å²) in [7, 11) is 4.03. The molecule has 244 valence electrons. The number of ether oxygens (including phenoxy) is 9. The van der Waals surface area contributed by atoms with Gasteiger partial charge in [-0.05, 0) is 20.5 Å². The topological polar surface area (TPSA) is 153 Å².